The van der Waals surface area contributed by atoms with Gasteiger partial charge in [-0.05, 0) is 24.3 Å². The third-order valence-corrected chi connectivity index (χ3v) is 5.30. The number of nitrogens with zero attached hydrogens (tertiary/aromatic N) is 1. The van der Waals surface area contributed by atoms with Crippen molar-refractivity contribution in [2.24, 2.45) is 5.14 Å². The van der Waals surface area contributed by atoms with Crippen molar-refractivity contribution < 1.29 is 22.0 Å². The van der Waals surface area contributed by atoms with Crippen LogP contribution < -0.4 is 10.5 Å². The van der Waals surface area contributed by atoms with Gasteiger partial charge in [0.2, 0.25) is 0 Å². The molecule has 2 rings (SSSR count). The maximum Gasteiger partial charge on any atom is 0.276 e. The van der Waals surface area contributed by atoms with E-state index in [4.69, 9.17) is 5.14 Å². The molecule has 0 unspecified atom stereocenters. The van der Waals surface area contributed by atoms with E-state index in [2.05, 4.69) is 5.32 Å². The summed E-state index contributed by atoms with van der Waals surface area (Å²) in [4.78, 5) is 11.7. The predicted octanol–water partition coefficient (Wildman–Crippen LogP) is 1.08. The highest BCUT2D eigenvalue weighted by atomic mass is 32.2. The van der Waals surface area contributed by atoms with Crippen molar-refractivity contribution in [3.8, 4) is 0 Å². The standard InChI is InChI=1S/C11H15F2N3O3S2/c12-10(13)9-8(3-6-20-9)11(17)15-7-1-4-16(5-2-7)21(14,18)19/h3,6-7,10H,1-2,4-5H2,(H,15,17)(H2,14,18,19). The minimum atomic E-state index is -3.72. The fraction of sp³-hybridized carbons (Fsp3) is 0.545. The van der Waals surface area contributed by atoms with Crippen molar-refractivity contribution in [1.29, 1.82) is 0 Å². The van der Waals surface area contributed by atoms with Crippen LogP contribution in [-0.2, 0) is 10.2 Å². The monoisotopic (exact) mass is 339 g/mol. The van der Waals surface area contributed by atoms with Gasteiger partial charge in [0.1, 0.15) is 0 Å². The van der Waals surface area contributed by atoms with Gasteiger partial charge in [-0.3, -0.25) is 4.79 Å². The molecule has 0 aromatic carbocycles. The van der Waals surface area contributed by atoms with Gasteiger partial charge < -0.3 is 5.32 Å². The summed E-state index contributed by atoms with van der Waals surface area (Å²) in [6.45, 7) is 0.407. The van der Waals surface area contributed by atoms with Gasteiger partial charge in [0.15, 0.2) is 0 Å². The molecule has 0 atom stereocenters. The molecule has 0 bridgehead atoms. The Labute approximate surface area is 125 Å². The van der Waals surface area contributed by atoms with Crippen molar-refractivity contribution in [2.45, 2.75) is 25.3 Å². The molecule has 21 heavy (non-hydrogen) atoms. The quantitative estimate of drug-likeness (QED) is 0.860. The van der Waals surface area contributed by atoms with E-state index in [9.17, 15) is 22.0 Å². The molecule has 0 saturated carbocycles. The van der Waals surface area contributed by atoms with E-state index in [0.717, 1.165) is 15.6 Å². The molecule has 0 spiro atoms. The number of rotatable bonds is 4. The predicted molar refractivity (Wildman–Crippen MR) is 74.4 cm³/mol. The molecule has 10 heteroatoms. The van der Waals surface area contributed by atoms with Gasteiger partial charge >= 0.3 is 0 Å². The van der Waals surface area contributed by atoms with Crippen molar-refractivity contribution in [3.63, 3.8) is 0 Å². The second kappa shape index (κ2) is 6.34. The Kier molecular flexibility index (Phi) is 4.91. The normalized spacial score (nSPS) is 18.1. The van der Waals surface area contributed by atoms with Crippen LogP contribution in [0.2, 0.25) is 0 Å². The Morgan fingerprint density at radius 3 is 2.57 bits per heavy atom. The van der Waals surface area contributed by atoms with Crippen LogP contribution in [0.5, 0.6) is 0 Å². The summed E-state index contributed by atoms with van der Waals surface area (Å²) in [5.41, 5.74) is -0.0242. The first-order valence-corrected chi connectivity index (χ1v) is 8.61. The number of piperidine rings is 1. The lowest BCUT2D eigenvalue weighted by Gasteiger charge is -2.30. The van der Waals surface area contributed by atoms with Gasteiger partial charge in [-0.2, -0.15) is 12.7 Å². The molecule has 2 heterocycles. The molecule has 1 aromatic rings. The number of alkyl halides is 2. The van der Waals surface area contributed by atoms with Crippen LogP contribution in [-0.4, -0.2) is 37.8 Å². The smallest absolute Gasteiger partial charge is 0.276 e. The number of carbonyl (C=O) groups excluding carboxylic acids is 1. The molecule has 1 saturated heterocycles. The molecule has 6 nitrogen and oxygen atoms in total. The number of amides is 1. The lowest BCUT2D eigenvalue weighted by Crippen LogP contribution is -2.48. The number of nitrogens with one attached hydrogen (secondary N) is 1. The van der Waals surface area contributed by atoms with E-state index < -0.39 is 22.5 Å². The topological polar surface area (TPSA) is 92.5 Å². The highest BCUT2D eigenvalue weighted by Gasteiger charge is 2.27. The average Bonchev–Trinajstić information content (AvgIpc) is 2.87. The second-order valence-electron chi connectivity index (χ2n) is 4.69. The van der Waals surface area contributed by atoms with Crippen molar-refractivity contribution >= 4 is 27.5 Å². The Morgan fingerprint density at radius 1 is 1.43 bits per heavy atom. The Bertz CT molecular complexity index is 610. The van der Waals surface area contributed by atoms with Gasteiger partial charge in [0, 0.05) is 19.1 Å². The average molecular weight is 339 g/mol. The van der Waals surface area contributed by atoms with Crippen LogP contribution in [0.15, 0.2) is 11.4 Å². The molecule has 1 aromatic heterocycles. The highest BCUT2D eigenvalue weighted by Crippen LogP contribution is 2.28. The SMILES string of the molecule is NS(=O)(=O)N1CCC(NC(=O)c2ccsc2C(F)F)CC1. The van der Waals surface area contributed by atoms with Gasteiger partial charge in [0.05, 0.1) is 10.4 Å². The number of nitrogens with two attached hydrogens (primary N) is 1. The van der Waals surface area contributed by atoms with Crippen molar-refractivity contribution in [1.82, 2.24) is 9.62 Å². The molecule has 1 amide bonds. The van der Waals surface area contributed by atoms with Crippen LogP contribution in [0, 0.1) is 0 Å². The fourth-order valence-corrected chi connectivity index (χ4v) is 3.66. The van der Waals surface area contributed by atoms with Crippen LogP contribution in [0.1, 0.15) is 34.5 Å². The summed E-state index contributed by atoms with van der Waals surface area (Å²) in [5, 5.41) is 9.12. The van der Waals surface area contributed by atoms with Gasteiger partial charge in [-0.25, -0.2) is 13.9 Å². The zero-order valence-corrected chi connectivity index (χ0v) is 12.6. The maximum absolute atomic E-state index is 12.7. The molecular weight excluding hydrogens is 324 g/mol. The lowest BCUT2D eigenvalue weighted by molar-refractivity contribution is 0.0913. The van der Waals surface area contributed by atoms with Gasteiger partial charge in [-0.15, -0.1) is 11.3 Å². The fourth-order valence-electron chi connectivity index (χ4n) is 2.20. The number of thiophene rings is 1. The first-order valence-electron chi connectivity index (χ1n) is 6.23. The van der Waals surface area contributed by atoms with E-state index in [0.29, 0.717) is 12.8 Å². The van der Waals surface area contributed by atoms with E-state index >= 15 is 0 Å². The minimum Gasteiger partial charge on any atom is -0.349 e. The Balaban J connectivity index is 1.94. The summed E-state index contributed by atoms with van der Waals surface area (Å²) in [5.74, 6) is -0.555. The molecule has 3 N–H and O–H groups in total. The van der Waals surface area contributed by atoms with E-state index in [1.54, 1.807) is 0 Å². The summed E-state index contributed by atoms with van der Waals surface area (Å²) >= 11 is 0.837. The van der Waals surface area contributed by atoms with Gasteiger partial charge in [-0.1, -0.05) is 0 Å². The highest BCUT2D eigenvalue weighted by molar-refractivity contribution is 7.86. The number of hydrogen-bond donors (Lipinski definition) is 2. The number of hydrogen-bond acceptors (Lipinski definition) is 4. The number of halogens is 2. The first-order chi connectivity index (χ1) is 9.79. The van der Waals surface area contributed by atoms with E-state index in [1.807, 2.05) is 0 Å². The Hall–Kier alpha value is -1.10. The van der Waals surface area contributed by atoms with Crippen LogP contribution in [0.4, 0.5) is 8.78 Å². The Morgan fingerprint density at radius 2 is 2.05 bits per heavy atom. The summed E-state index contributed by atoms with van der Waals surface area (Å²) in [6.07, 6.45) is -1.89. The van der Waals surface area contributed by atoms with Crippen LogP contribution in [0.3, 0.4) is 0 Å². The summed E-state index contributed by atoms with van der Waals surface area (Å²) in [6, 6.07) is 1.11. The minimum absolute atomic E-state index is 0.0242. The first kappa shape index (κ1) is 16.3. The van der Waals surface area contributed by atoms with E-state index in [-0.39, 0.29) is 29.6 Å². The van der Waals surface area contributed by atoms with Crippen LogP contribution >= 0.6 is 11.3 Å². The third-order valence-electron chi connectivity index (χ3n) is 3.29. The molecule has 1 aliphatic heterocycles. The second-order valence-corrected chi connectivity index (χ2v) is 7.18. The zero-order chi connectivity index (χ0) is 15.6. The third kappa shape index (κ3) is 3.96. The summed E-state index contributed by atoms with van der Waals surface area (Å²) in [7, 11) is -3.72. The molecule has 1 fully saturated rings. The molecule has 0 radical (unpaired) electrons. The lowest BCUT2D eigenvalue weighted by atomic mass is 10.1. The molecule has 0 aliphatic carbocycles. The zero-order valence-electron chi connectivity index (χ0n) is 11.0. The van der Waals surface area contributed by atoms with Gasteiger partial charge in [0.25, 0.3) is 22.5 Å². The molecule has 118 valence electrons. The largest absolute Gasteiger partial charge is 0.349 e. The molecule has 1 aliphatic rings. The van der Waals surface area contributed by atoms with Crippen molar-refractivity contribution in [2.75, 3.05) is 13.1 Å². The van der Waals surface area contributed by atoms with E-state index in [1.165, 1.54) is 11.4 Å². The van der Waals surface area contributed by atoms with Crippen LogP contribution in [0.25, 0.3) is 0 Å². The maximum atomic E-state index is 12.7. The molecular formula is C11H15F2N3O3S2. The summed E-state index contributed by atoms with van der Waals surface area (Å²) < 4.78 is 48.9. The number of carbonyl (C=O) groups is 1. The van der Waals surface area contributed by atoms with Crippen molar-refractivity contribution in [3.05, 3.63) is 21.9 Å².